The van der Waals surface area contributed by atoms with Gasteiger partial charge in [-0.15, -0.1) is 0 Å². The lowest BCUT2D eigenvalue weighted by atomic mass is 9.48. The highest BCUT2D eigenvalue weighted by atomic mass is 16.3. The van der Waals surface area contributed by atoms with Crippen LogP contribution in [0.3, 0.4) is 0 Å². The van der Waals surface area contributed by atoms with Crippen LogP contribution >= 0.6 is 0 Å². The zero-order valence-corrected chi connectivity index (χ0v) is 22.3. The van der Waals surface area contributed by atoms with Crippen LogP contribution in [0.15, 0.2) is 0 Å². The van der Waals surface area contributed by atoms with Crippen molar-refractivity contribution in [2.45, 2.75) is 117 Å². The summed E-state index contributed by atoms with van der Waals surface area (Å²) in [6.45, 7) is 13.0. The minimum absolute atomic E-state index is 0.0325. The standard InChI is InChI=1S/C29H50O5/c1-15(2)16(3)26(33)27(34)17(4)19-8-9-20-18-7-10-23(30)22-13-24(31)25(32)14-29(22,6)21(18)11-12-28(19,20)5/h15-22,24-27,31-34H,7-14H2,1-6H3/t16-,17-,18-,19+,20-,21-,22+,24-,25+,26+,27+,28+,29+/m0/s1. The van der Waals surface area contributed by atoms with Gasteiger partial charge in [-0.25, -0.2) is 0 Å². The molecule has 4 aliphatic carbocycles. The van der Waals surface area contributed by atoms with Crippen molar-refractivity contribution in [3.8, 4) is 0 Å². The SMILES string of the molecule is CC(C)[C@H](C)[C@@H](O)[C@H](O)[C@@H](C)[C@H]1CC[C@H]2[C@@H]3CCC(=O)[C@H]4C[C@H](O)[C@H](O)C[C@]4(C)[C@H]3CC[C@]12C. The largest absolute Gasteiger partial charge is 0.390 e. The molecule has 0 aromatic rings. The maximum Gasteiger partial charge on any atom is 0.136 e. The van der Waals surface area contributed by atoms with Gasteiger partial charge in [-0.05, 0) is 97.2 Å². The van der Waals surface area contributed by atoms with Gasteiger partial charge in [-0.2, -0.15) is 0 Å². The summed E-state index contributed by atoms with van der Waals surface area (Å²) in [5, 5.41) is 43.0. The Labute approximate surface area is 206 Å². The average molecular weight is 479 g/mol. The van der Waals surface area contributed by atoms with Crippen molar-refractivity contribution in [1.82, 2.24) is 0 Å². The third kappa shape index (κ3) is 4.11. The predicted molar refractivity (Wildman–Crippen MR) is 133 cm³/mol. The van der Waals surface area contributed by atoms with E-state index in [0.717, 1.165) is 32.1 Å². The second-order valence-corrected chi connectivity index (χ2v) is 13.7. The minimum Gasteiger partial charge on any atom is -0.390 e. The monoisotopic (exact) mass is 478 g/mol. The Morgan fingerprint density at radius 3 is 2.15 bits per heavy atom. The van der Waals surface area contributed by atoms with Crippen LogP contribution in [0.4, 0.5) is 0 Å². The van der Waals surface area contributed by atoms with Gasteiger partial charge in [0.15, 0.2) is 0 Å². The average Bonchev–Trinajstić information content (AvgIpc) is 3.09. The Morgan fingerprint density at radius 1 is 0.853 bits per heavy atom. The van der Waals surface area contributed by atoms with E-state index in [1.807, 2.05) is 6.92 Å². The molecule has 0 spiro atoms. The third-order valence-corrected chi connectivity index (χ3v) is 12.0. The molecule has 0 unspecified atom stereocenters. The Bertz CT molecular complexity index is 753. The number of aliphatic hydroxyl groups excluding tert-OH is 4. The summed E-state index contributed by atoms with van der Waals surface area (Å²) >= 11 is 0. The lowest BCUT2D eigenvalue weighted by Crippen LogP contribution is -2.54. The molecule has 4 fully saturated rings. The third-order valence-electron chi connectivity index (χ3n) is 12.0. The maximum absolute atomic E-state index is 13.2. The fourth-order valence-electron chi connectivity index (χ4n) is 9.46. The van der Waals surface area contributed by atoms with Crippen molar-refractivity contribution in [2.75, 3.05) is 0 Å². The van der Waals surface area contributed by atoms with Crippen molar-refractivity contribution in [3.05, 3.63) is 0 Å². The quantitative estimate of drug-likeness (QED) is 0.475. The number of carbonyl (C=O) groups excluding carboxylic acids is 1. The van der Waals surface area contributed by atoms with Crippen LogP contribution in [0.2, 0.25) is 0 Å². The van der Waals surface area contributed by atoms with Gasteiger partial charge < -0.3 is 20.4 Å². The maximum atomic E-state index is 13.2. The van der Waals surface area contributed by atoms with E-state index in [-0.39, 0.29) is 34.4 Å². The van der Waals surface area contributed by atoms with E-state index in [1.54, 1.807) is 0 Å². The number of hydrogen-bond donors (Lipinski definition) is 4. The van der Waals surface area contributed by atoms with Crippen molar-refractivity contribution >= 4 is 5.78 Å². The molecule has 4 saturated carbocycles. The Balaban J connectivity index is 1.58. The van der Waals surface area contributed by atoms with E-state index in [1.165, 1.54) is 0 Å². The summed E-state index contributed by atoms with van der Waals surface area (Å²) in [5.74, 6) is 2.27. The number of carbonyl (C=O) groups is 1. The lowest BCUT2D eigenvalue weighted by Gasteiger charge is -2.57. The van der Waals surface area contributed by atoms with Crippen molar-refractivity contribution < 1.29 is 25.2 Å². The van der Waals surface area contributed by atoms with Crippen molar-refractivity contribution in [3.63, 3.8) is 0 Å². The molecule has 5 heteroatoms. The van der Waals surface area contributed by atoms with Crippen molar-refractivity contribution in [2.24, 2.45) is 58.2 Å². The predicted octanol–water partition coefficient (Wildman–Crippen LogP) is 4.20. The molecule has 5 nitrogen and oxygen atoms in total. The van der Waals surface area contributed by atoms with Gasteiger partial charge in [0.05, 0.1) is 24.4 Å². The molecule has 0 heterocycles. The Hall–Kier alpha value is -0.490. The highest BCUT2D eigenvalue weighted by molar-refractivity contribution is 5.82. The van der Waals surface area contributed by atoms with Crippen LogP contribution in [0, 0.1) is 58.2 Å². The van der Waals surface area contributed by atoms with Crippen LogP contribution in [0.25, 0.3) is 0 Å². The molecule has 196 valence electrons. The first-order valence-electron chi connectivity index (χ1n) is 14.1. The smallest absolute Gasteiger partial charge is 0.136 e. The molecule has 4 rings (SSSR count). The second-order valence-electron chi connectivity index (χ2n) is 13.7. The van der Waals surface area contributed by atoms with Gasteiger partial charge in [0.25, 0.3) is 0 Å². The molecule has 0 amide bonds. The second kappa shape index (κ2) is 9.43. The molecule has 0 saturated heterocycles. The zero-order chi connectivity index (χ0) is 25.2. The normalized spacial score (nSPS) is 48.3. The minimum atomic E-state index is -0.787. The molecule has 0 bridgehead atoms. The summed E-state index contributed by atoms with van der Waals surface area (Å²) < 4.78 is 0. The van der Waals surface area contributed by atoms with Crippen LogP contribution in [0.5, 0.6) is 0 Å². The molecule has 0 radical (unpaired) electrons. The van der Waals surface area contributed by atoms with Crippen LogP contribution in [-0.2, 0) is 4.79 Å². The number of fused-ring (bicyclic) bond motifs is 5. The number of rotatable bonds is 5. The number of aliphatic hydroxyl groups is 4. The molecule has 0 aromatic heterocycles. The van der Waals surface area contributed by atoms with Crippen LogP contribution in [0.1, 0.15) is 92.9 Å². The molecular weight excluding hydrogens is 428 g/mol. The zero-order valence-electron chi connectivity index (χ0n) is 22.3. The fourth-order valence-corrected chi connectivity index (χ4v) is 9.46. The highest BCUT2D eigenvalue weighted by Gasteiger charge is 2.62. The van der Waals surface area contributed by atoms with E-state index in [0.29, 0.717) is 48.9 Å². The molecule has 13 atom stereocenters. The first kappa shape index (κ1) is 26.6. The number of ketones is 1. The van der Waals surface area contributed by atoms with E-state index in [2.05, 4.69) is 34.6 Å². The van der Waals surface area contributed by atoms with Gasteiger partial charge in [0, 0.05) is 12.3 Å². The van der Waals surface area contributed by atoms with E-state index in [9.17, 15) is 25.2 Å². The first-order valence-corrected chi connectivity index (χ1v) is 14.1. The van der Waals surface area contributed by atoms with Gasteiger partial charge in [0.1, 0.15) is 5.78 Å². The summed E-state index contributed by atoms with van der Waals surface area (Å²) in [5.41, 5.74) is -0.140. The van der Waals surface area contributed by atoms with Crippen molar-refractivity contribution in [1.29, 1.82) is 0 Å². The van der Waals surface area contributed by atoms with E-state index >= 15 is 0 Å². The molecule has 34 heavy (non-hydrogen) atoms. The lowest BCUT2D eigenvalue weighted by molar-refractivity contribution is -0.149. The topological polar surface area (TPSA) is 98.0 Å². The first-order chi connectivity index (χ1) is 15.8. The molecular formula is C29H50O5. The number of hydrogen-bond acceptors (Lipinski definition) is 5. The van der Waals surface area contributed by atoms with E-state index in [4.69, 9.17) is 0 Å². The fraction of sp³-hybridized carbons (Fsp3) is 0.966. The van der Waals surface area contributed by atoms with Gasteiger partial charge in [-0.1, -0.05) is 41.5 Å². The summed E-state index contributed by atoms with van der Waals surface area (Å²) in [6, 6.07) is 0. The summed E-state index contributed by atoms with van der Waals surface area (Å²) in [7, 11) is 0. The number of Topliss-reactive ketones (excluding diaryl/α,β-unsaturated/α-hetero) is 1. The molecule has 4 N–H and O–H groups in total. The van der Waals surface area contributed by atoms with Gasteiger partial charge in [-0.3, -0.25) is 4.79 Å². The molecule has 0 aromatic carbocycles. The highest BCUT2D eigenvalue weighted by Crippen LogP contribution is 2.67. The van der Waals surface area contributed by atoms with Gasteiger partial charge in [0.2, 0.25) is 0 Å². The summed E-state index contributed by atoms with van der Waals surface area (Å²) in [4.78, 5) is 13.2. The summed E-state index contributed by atoms with van der Waals surface area (Å²) in [6.07, 6.45) is 3.78. The Morgan fingerprint density at radius 2 is 1.50 bits per heavy atom. The van der Waals surface area contributed by atoms with E-state index < -0.39 is 24.4 Å². The molecule has 0 aliphatic heterocycles. The van der Waals surface area contributed by atoms with Crippen LogP contribution < -0.4 is 0 Å². The Kier molecular flexibility index (Phi) is 7.37. The molecule has 4 aliphatic rings. The van der Waals surface area contributed by atoms with Gasteiger partial charge >= 0.3 is 0 Å². The van der Waals surface area contributed by atoms with Crippen LogP contribution in [-0.4, -0.2) is 50.6 Å².